The molecule has 0 aliphatic carbocycles. The highest BCUT2D eigenvalue weighted by molar-refractivity contribution is 5.48. The van der Waals surface area contributed by atoms with Crippen molar-refractivity contribution in [2.75, 3.05) is 25.0 Å². The number of nitrogens with zero attached hydrogens (tertiary/aromatic N) is 2. The molecule has 2 aliphatic heterocycles. The summed E-state index contributed by atoms with van der Waals surface area (Å²) in [6.07, 6.45) is 8.78. The molecule has 1 aromatic heterocycles. The molecule has 0 saturated carbocycles. The van der Waals surface area contributed by atoms with Crippen molar-refractivity contribution < 1.29 is 4.74 Å². The van der Waals surface area contributed by atoms with Crippen LogP contribution in [-0.2, 0) is 0 Å². The van der Waals surface area contributed by atoms with E-state index in [1.54, 1.807) is 6.20 Å². The summed E-state index contributed by atoms with van der Waals surface area (Å²) in [5, 5.41) is 3.67. The van der Waals surface area contributed by atoms with Crippen LogP contribution in [0.3, 0.4) is 0 Å². The average molecular weight is 335 g/mol. The topological polar surface area (TPSA) is 37.4 Å². The Morgan fingerprint density at radius 1 is 1.24 bits per heavy atom. The fourth-order valence-electron chi connectivity index (χ4n) is 4.03. The van der Waals surface area contributed by atoms with Crippen molar-refractivity contribution >= 4 is 5.69 Å². The van der Waals surface area contributed by atoms with Crippen LogP contribution in [0.2, 0.25) is 0 Å². The summed E-state index contributed by atoms with van der Waals surface area (Å²) < 4.78 is 6.55. The van der Waals surface area contributed by atoms with Crippen LogP contribution in [0.1, 0.15) is 30.9 Å². The monoisotopic (exact) mass is 335 g/mol. The van der Waals surface area contributed by atoms with E-state index in [9.17, 15) is 0 Å². The Kier molecular flexibility index (Phi) is 4.45. The van der Waals surface area contributed by atoms with Gasteiger partial charge >= 0.3 is 0 Å². The predicted molar refractivity (Wildman–Crippen MR) is 101 cm³/mol. The number of pyridine rings is 1. The van der Waals surface area contributed by atoms with Gasteiger partial charge in [-0.25, -0.2) is 0 Å². The summed E-state index contributed by atoms with van der Waals surface area (Å²) >= 11 is 0. The largest absolute Gasteiger partial charge is 0.487 e. The molecular formula is C21H25N3O. The molecule has 25 heavy (non-hydrogen) atoms. The molecule has 4 heteroatoms. The number of fused-ring (bicyclic) bond motifs is 1. The van der Waals surface area contributed by atoms with Gasteiger partial charge in [0.1, 0.15) is 11.4 Å². The molecule has 0 amide bonds. The molecular weight excluding hydrogens is 310 g/mol. The van der Waals surface area contributed by atoms with E-state index < -0.39 is 0 Å². The molecule has 1 fully saturated rings. The highest BCUT2D eigenvalue weighted by atomic mass is 16.5. The van der Waals surface area contributed by atoms with Crippen molar-refractivity contribution in [2.45, 2.75) is 30.9 Å². The number of rotatable bonds is 4. The van der Waals surface area contributed by atoms with E-state index in [2.05, 4.69) is 52.1 Å². The van der Waals surface area contributed by atoms with Crippen molar-refractivity contribution in [3.05, 3.63) is 67.0 Å². The third-order valence-corrected chi connectivity index (χ3v) is 5.35. The molecule has 2 aliphatic rings. The lowest BCUT2D eigenvalue weighted by Crippen LogP contribution is -2.51. The van der Waals surface area contributed by atoms with Crippen LogP contribution in [0.15, 0.2) is 61.4 Å². The first-order valence-corrected chi connectivity index (χ1v) is 9.06. The molecule has 3 heterocycles. The number of benzene rings is 1. The van der Waals surface area contributed by atoms with Gasteiger partial charge in [-0.05, 0) is 31.0 Å². The van der Waals surface area contributed by atoms with Gasteiger partial charge in [-0.3, -0.25) is 9.88 Å². The summed E-state index contributed by atoms with van der Waals surface area (Å²) in [5.41, 5.74) is 2.22. The van der Waals surface area contributed by atoms with Gasteiger partial charge in [0.25, 0.3) is 0 Å². The van der Waals surface area contributed by atoms with Crippen LogP contribution in [-0.4, -0.2) is 35.1 Å². The third kappa shape index (κ3) is 3.40. The highest BCUT2D eigenvalue weighted by Crippen LogP contribution is 2.45. The smallest absolute Gasteiger partial charge is 0.125 e. The first-order valence-electron chi connectivity index (χ1n) is 9.06. The average Bonchev–Trinajstić information content (AvgIpc) is 2.65. The van der Waals surface area contributed by atoms with Gasteiger partial charge in [-0.1, -0.05) is 24.3 Å². The number of hydrogen-bond acceptors (Lipinski definition) is 4. The van der Waals surface area contributed by atoms with E-state index in [4.69, 9.17) is 4.74 Å². The zero-order valence-corrected chi connectivity index (χ0v) is 14.5. The molecule has 0 unspecified atom stereocenters. The van der Waals surface area contributed by atoms with Gasteiger partial charge < -0.3 is 10.1 Å². The zero-order chi connectivity index (χ0) is 17.1. The van der Waals surface area contributed by atoms with E-state index in [0.29, 0.717) is 0 Å². The molecule has 4 nitrogen and oxygen atoms in total. The van der Waals surface area contributed by atoms with Gasteiger partial charge in [0.15, 0.2) is 0 Å². The molecule has 0 bridgehead atoms. The zero-order valence-electron chi connectivity index (χ0n) is 14.5. The van der Waals surface area contributed by atoms with E-state index in [-0.39, 0.29) is 11.6 Å². The second kappa shape index (κ2) is 6.89. The molecule has 1 N–H and O–H groups in total. The summed E-state index contributed by atoms with van der Waals surface area (Å²) in [7, 11) is 0. The van der Waals surface area contributed by atoms with Crippen LogP contribution < -0.4 is 10.1 Å². The van der Waals surface area contributed by atoms with Gasteiger partial charge in [0, 0.05) is 44.0 Å². The fourth-order valence-corrected chi connectivity index (χ4v) is 4.03. The van der Waals surface area contributed by atoms with E-state index in [1.807, 2.05) is 18.3 Å². The van der Waals surface area contributed by atoms with Gasteiger partial charge in [-0.2, -0.15) is 0 Å². The molecule has 0 radical (unpaired) electrons. The number of aromatic nitrogens is 1. The van der Waals surface area contributed by atoms with Crippen molar-refractivity contribution in [1.29, 1.82) is 0 Å². The Morgan fingerprint density at radius 3 is 2.84 bits per heavy atom. The standard InChI is InChI=1S/C21H25N3O/c1-2-12-24-13-9-21(10-14-24)15-19(23-17-6-5-11-22-16-17)18-7-3-4-8-20(18)25-21/h2-8,11,16,19,23H,1,9-10,12-15H2/t19-/m1/s1. The quantitative estimate of drug-likeness (QED) is 0.856. The minimum atomic E-state index is -0.0775. The summed E-state index contributed by atoms with van der Waals surface area (Å²) in [6.45, 7) is 6.95. The molecule has 1 saturated heterocycles. The number of piperidine rings is 1. The summed E-state index contributed by atoms with van der Waals surface area (Å²) in [6, 6.07) is 12.7. The number of ether oxygens (including phenoxy) is 1. The fraction of sp³-hybridized carbons (Fsp3) is 0.381. The molecule has 1 spiro atoms. The maximum Gasteiger partial charge on any atom is 0.125 e. The lowest BCUT2D eigenvalue weighted by Gasteiger charge is -2.47. The minimum Gasteiger partial charge on any atom is -0.487 e. The van der Waals surface area contributed by atoms with Crippen LogP contribution in [0.4, 0.5) is 5.69 Å². The Morgan fingerprint density at radius 2 is 2.08 bits per heavy atom. The number of hydrogen-bond donors (Lipinski definition) is 1. The van der Waals surface area contributed by atoms with Gasteiger partial charge in [-0.15, -0.1) is 6.58 Å². The van der Waals surface area contributed by atoms with Crippen LogP contribution in [0, 0.1) is 0 Å². The molecule has 1 atom stereocenters. The molecule has 4 rings (SSSR count). The van der Waals surface area contributed by atoms with E-state index in [1.165, 1.54) is 5.56 Å². The Bertz CT molecular complexity index is 723. The molecule has 130 valence electrons. The van der Waals surface area contributed by atoms with Crippen LogP contribution >= 0.6 is 0 Å². The number of likely N-dealkylation sites (tertiary alicyclic amines) is 1. The Balaban J connectivity index is 1.58. The number of nitrogens with one attached hydrogen (secondary N) is 1. The van der Waals surface area contributed by atoms with Crippen molar-refractivity contribution in [3.63, 3.8) is 0 Å². The number of anilines is 1. The van der Waals surface area contributed by atoms with Crippen LogP contribution in [0.5, 0.6) is 5.75 Å². The van der Waals surface area contributed by atoms with Crippen molar-refractivity contribution in [2.24, 2.45) is 0 Å². The second-order valence-corrected chi connectivity index (χ2v) is 7.05. The van der Waals surface area contributed by atoms with Crippen molar-refractivity contribution in [1.82, 2.24) is 9.88 Å². The number of para-hydroxylation sites is 1. The summed E-state index contributed by atoms with van der Waals surface area (Å²) in [5.74, 6) is 1.02. The Labute approximate surface area is 149 Å². The second-order valence-electron chi connectivity index (χ2n) is 7.05. The molecule has 1 aromatic carbocycles. The maximum atomic E-state index is 6.55. The van der Waals surface area contributed by atoms with Crippen molar-refractivity contribution in [3.8, 4) is 5.75 Å². The lowest BCUT2D eigenvalue weighted by atomic mass is 9.80. The first kappa shape index (κ1) is 16.2. The highest BCUT2D eigenvalue weighted by Gasteiger charge is 2.43. The van der Waals surface area contributed by atoms with Crippen LogP contribution in [0.25, 0.3) is 0 Å². The normalized spacial score (nSPS) is 22.0. The molecule has 2 aromatic rings. The SMILES string of the molecule is C=CCN1CCC2(CC1)C[C@@H](Nc1cccnc1)c1ccccc1O2. The maximum absolute atomic E-state index is 6.55. The summed E-state index contributed by atoms with van der Waals surface area (Å²) in [4.78, 5) is 6.68. The minimum absolute atomic E-state index is 0.0775. The third-order valence-electron chi connectivity index (χ3n) is 5.35. The van der Waals surface area contributed by atoms with E-state index in [0.717, 1.165) is 50.3 Å². The van der Waals surface area contributed by atoms with E-state index >= 15 is 0 Å². The van der Waals surface area contributed by atoms with Gasteiger partial charge in [0.2, 0.25) is 0 Å². The predicted octanol–water partition coefficient (Wildman–Crippen LogP) is 4.04. The van der Waals surface area contributed by atoms with Gasteiger partial charge in [0.05, 0.1) is 11.7 Å². The first-order chi connectivity index (χ1) is 12.3. The lowest BCUT2D eigenvalue weighted by molar-refractivity contribution is -0.0174. The Hall–Kier alpha value is -2.33.